The summed E-state index contributed by atoms with van der Waals surface area (Å²) in [6, 6.07) is 3.20. The summed E-state index contributed by atoms with van der Waals surface area (Å²) >= 11 is 0. The molecule has 1 aromatic heterocycles. The van der Waals surface area contributed by atoms with Gasteiger partial charge in [0.25, 0.3) is 0 Å². The van der Waals surface area contributed by atoms with Gasteiger partial charge in [0.1, 0.15) is 12.4 Å². The molecule has 0 aliphatic heterocycles. The summed E-state index contributed by atoms with van der Waals surface area (Å²) in [5.74, 6) is -1.71. The summed E-state index contributed by atoms with van der Waals surface area (Å²) in [7, 11) is 0. The lowest BCUT2D eigenvalue weighted by atomic mass is 9.93. The molecule has 0 aliphatic carbocycles. The standard InChI is InChI=1S/C18H22F2N4O3/c1-10(2)8-18(3,21)9-27-15-7-12(19)11(6-13(15)20)14-4-5-22-16(23-14)24-17(25)26/h4-7,10H,8-9,21H2,1-3H3,(H,25,26)(H,22,23,24). The van der Waals surface area contributed by atoms with Crippen molar-refractivity contribution in [3.8, 4) is 17.0 Å². The van der Waals surface area contributed by atoms with Crippen molar-refractivity contribution in [1.82, 2.24) is 9.97 Å². The number of hydrogen-bond acceptors (Lipinski definition) is 5. The predicted molar refractivity (Wildman–Crippen MR) is 96.6 cm³/mol. The van der Waals surface area contributed by atoms with Gasteiger partial charge >= 0.3 is 6.09 Å². The normalized spacial score (nSPS) is 13.3. The Morgan fingerprint density at radius 1 is 1.37 bits per heavy atom. The van der Waals surface area contributed by atoms with Crippen LogP contribution in [0.15, 0.2) is 24.4 Å². The third-order valence-electron chi connectivity index (χ3n) is 3.60. The van der Waals surface area contributed by atoms with Gasteiger partial charge in [0.2, 0.25) is 5.95 Å². The third kappa shape index (κ3) is 5.85. The number of nitrogens with one attached hydrogen (secondary N) is 1. The van der Waals surface area contributed by atoms with E-state index in [9.17, 15) is 13.6 Å². The van der Waals surface area contributed by atoms with E-state index in [0.717, 1.165) is 12.1 Å². The molecule has 0 aliphatic rings. The van der Waals surface area contributed by atoms with E-state index in [2.05, 4.69) is 9.97 Å². The molecule has 0 fully saturated rings. The van der Waals surface area contributed by atoms with Gasteiger partial charge in [-0.25, -0.2) is 23.5 Å². The van der Waals surface area contributed by atoms with E-state index >= 15 is 0 Å². The van der Waals surface area contributed by atoms with Gasteiger partial charge in [-0.3, -0.25) is 5.32 Å². The fourth-order valence-corrected chi connectivity index (χ4v) is 2.73. The van der Waals surface area contributed by atoms with Crippen molar-refractivity contribution in [1.29, 1.82) is 0 Å². The van der Waals surface area contributed by atoms with Crippen LogP contribution in [0.4, 0.5) is 19.5 Å². The van der Waals surface area contributed by atoms with Gasteiger partial charge in [-0.2, -0.15) is 0 Å². The Hall–Kier alpha value is -2.81. The molecular formula is C18H22F2N4O3. The number of aromatic nitrogens is 2. The second-order valence-electron chi connectivity index (χ2n) is 7.00. The van der Waals surface area contributed by atoms with Gasteiger partial charge in [0.05, 0.1) is 5.69 Å². The summed E-state index contributed by atoms with van der Waals surface area (Å²) in [5.41, 5.74) is 5.32. The molecule has 0 saturated heterocycles. The number of hydrogen-bond donors (Lipinski definition) is 3. The fraction of sp³-hybridized carbons (Fsp3) is 0.389. The van der Waals surface area contributed by atoms with Crippen LogP contribution < -0.4 is 15.8 Å². The van der Waals surface area contributed by atoms with Crippen molar-refractivity contribution in [2.24, 2.45) is 11.7 Å². The van der Waals surface area contributed by atoms with Gasteiger partial charge in [0.15, 0.2) is 11.6 Å². The van der Waals surface area contributed by atoms with Crippen molar-refractivity contribution < 1.29 is 23.4 Å². The number of nitrogens with zero attached hydrogens (tertiary/aromatic N) is 2. The SMILES string of the molecule is CC(C)CC(C)(N)COc1cc(F)c(-c2ccnc(NC(=O)O)n2)cc1F. The van der Waals surface area contributed by atoms with Crippen LogP contribution in [0.1, 0.15) is 27.2 Å². The molecule has 0 saturated carbocycles. The van der Waals surface area contributed by atoms with Crippen LogP contribution in [-0.2, 0) is 0 Å². The number of ether oxygens (including phenoxy) is 1. The molecule has 1 atom stereocenters. The zero-order chi connectivity index (χ0) is 20.2. The van der Waals surface area contributed by atoms with Crippen LogP contribution in [0.25, 0.3) is 11.3 Å². The molecule has 1 amide bonds. The molecule has 1 heterocycles. The summed E-state index contributed by atoms with van der Waals surface area (Å²) in [4.78, 5) is 18.2. The predicted octanol–water partition coefficient (Wildman–Crippen LogP) is 3.65. The number of anilines is 1. The molecule has 2 aromatic rings. The lowest BCUT2D eigenvalue weighted by Gasteiger charge is -2.26. The first-order valence-electron chi connectivity index (χ1n) is 8.31. The Labute approximate surface area is 155 Å². The first kappa shape index (κ1) is 20.5. The lowest BCUT2D eigenvalue weighted by Crippen LogP contribution is -2.43. The van der Waals surface area contributed by atoms with Crippen molar-refractivity contribution >= 4 is 12.0 Å². The third-order valence-corrected chi connectivity index (χ3v) is 3.60. The molecule has 1 unspecified atom stereocenters. The maximum absolute atomic E-state index is 14.5. The number of carboxylic acid groups (broad SMARTS) is 1. The van der Waals surface area contributed by atoms with Crippen molar-refractivity contribution in [3.05, 3.63) is 36.0 Å². The molecule has 146 valence electrons. The molecule has 0 bridgehead atoms. The number of nitrogens with two attached hydrogens (primary N) is 1. The Balaban J connectivity index is 2.23. The molecule has 0 radical (unpaired) electrons. The topological polar surface area (TPSA) is 110 Å². The molecule has 9 heteroatoms. The highest BCUT2D eigenvalue weighted by Gasteiger charge is 2.22. The number of amides is 1. The molecule has 27 heavy (non-hydrogen) atoms. The van der Waals surface area contributed by atoms with Gasteiger partial charge in [0, 0.05) is 23.4 Å². The minimum Gasteiger partial charge on any atom is -0.489 e. The van der Waals surface area contributed by atoms with E-state index in [0.29, 0.717) is 12.3 Å². The van der Waals surface area contributed by atoms with Gasteiger partial charge in [-0.15, -0.1) is 0 Å². The lowest BCUT2D eigenvalue weighted by molar-refractivity contribution is 0.199. The number of rotatable bonds is 7. The summed E-state index contributed by atoms with van der Waals surface area (Å²) in [6.07, 6.45) is 0.533. The summed E-state index contributed by atoms with van der Waals surface area (Å²) in [6.45, 7) is 5.83. The maximum Gasteiger partial charge on any atom is 0.411 e. The Morgan fingerprint density at radius 3 is 2.70 bits per heavy atom. The van der Waals surface area contributed by atoms with Crippen LogP contribution in [0.3, 0.4) is 0 Å². The second-order valence-corrected chi connectivity index (χ2v) is 7.00. The Morgan fingerprint density at radius 2 is 2.07 bits per heavy atom. The number of halogens is 2. The largest absolute Gasteiger partial charge is 0.489 e. The van der Waals surface area contributed by atoms with E-state index in [1.54, 1.807) is 6.92 Å². The minimum absolute atomic E-state index is 0.0279. The smallest absolute Gasteiger partial charge is 0.411 e. The van der Waals surface area contributed by atoms with Crippen molar-refractivity contribution in [2.75, 3.05) is 11.9 Å². The highest BCUT2D eigenvalue weighted by molar-refractivity contribution is 5.80. The van der Waals surface area contributed by atoms with Crippen LogP contribution >= 0.6 is 0 Å². The van der Waals surface area contributed by atoms with E-state index in [4.69, 9.17) is 15.6 Å². The molecule has 2 rings (SSSR count). The first-order chi connectivity index (χ1) is 12.6. The molecule has 7 nitrogen and oxygen atoms in total. The summed E-state index contributed by atoms with van der Waals surface area (Å²) in [5, 5.41) is 10.6. The highest BCUT2D eigenvalue weighted by atomic mass is 19.1. The average Bonchev–Trinajstić information content (AvgIpc) is 2.53. The van der Waals surface area contributed by atoms with E-state index in [-0.39, 0.29) is 29.6 Å². The fourth-order valence-electron chi connectivity index (χ4n) is 2.73. The van der Waals surface area contributed by atoms with Crippen molar-refractivity contribution in [3.63, 3.8) is 0 Å². The van der Waals surface area contributed by atoms with E-state index in [1.165, 1.54) is 12.3 Å². The molecular weight excluding hydrogens is 358 g/mol. The molecule has 4 N–H and O–H groups in total. The van der Waals surface area contributed by atoms with E-state index < -0.39 is 23.3 Å². The van der Waals surface area contributed by atoms with Crippen LogP contribution in [-0.4, -0.2) is 33.3 Å². The zero-order valence-corrected chi connectivity index (χ0v) is 15.3. The molecule has 0 spiro atoms. The van der Waals surface area contributed by atoms with Crippen LogP contribution in [0.2, 0.25) is 0 Å². The Bertz CT molecular complexity index is 828. The average molecular weight is 380 g/mol. The van der Waals surface area contributed by atoms with Gasteiger partial charge in [-0.1, -0.05) is 13.8 Å². The quantitative estimate of drug-likeness (QED) is 0.676. The monoisotopic (exact) mass is 380 g/mol. The molecule has 1 aromatic carbocycles. The van der Waals surface area contributed by atoms with Crippen molar-refractivity contribution in [2.45, 2.75) is 32.7 Å². The zero-order valence-electron chi connectivity index (χ0n) is 15.3. The maximum atomic E-state index is 14.5. The van der Waals surface area contributed by atoms with Gasteiger partial charge in [-0.05, 0) is 31.4 Å². The number of carbonyl (C=O) groups is 1. The summed E-state index contributed by atoms with van der Waals surface area (Å²) < 4.78 is 34.2. The van der Waals surface area contributed by atoms with E-state index in [1.807, 2.05) is 19.2 Å². The first-order valence-corrected chi connectivity index (χ1v) is 8.31. The number of benzene rings is 1. The minimum atomic E-state index is -1.37. The highest BCUT2D eigenvalue weighted by Crippen LogP contribution is 2.29. The second kappa shape index (κ2) is 8.26. The Kier molecular flexibility index (Phi) is 6.27. The van der Waals surface area contributed by atoms with Crippen LogP contribution in [0, 0.1) is 17.6 Å². The van der Waals surface area contributed by atoms with Gasteiger partial charge < -0.3 is 15.6 Å². The van der Waals surface area contributed by atoms with Crippen LogP contribution in [0.5, 0.6) is 5.75 Å².